The lowest BCUT2D eigenvalue weighted by molar-refractivity contribution is -0.153. The summed E-state index contributed by atoms with van der Waals surface area (Å²) >= 11 is 0. The van der Waals surface area contributed by atoms with Gasteiger partial charge in [-0.2, -0.15) is 13.2 Å². The van der Waals surface area contributed by atoms with Crippen molar-refractivity contribution in [3.05, 3.63) is 65.7 Å². The first-order chi connectivity index (χ1) is 12.4. The van der Waals surface area contributed by atoms with Gasteiger partial charge in [-0.25, -0.2) is 0 Å². The Kier molecular flexibility index (Phi) is 7.06. The molecule has 0 aromatic heterocycles. The topological polar surface area (TPSA) is 38.3 Å². The summed E-state index contributed by atoms with van der Waals surface area (Å²) < 4.78 is 41.1. The van der Waals surface area contributed by atoms with Gasteiger partial charge in [0.2, 0.25) is 5.91 Å². The summed E-state index contributed by atoms with van der Waals surface area (Å²) in [6.45, 7) is 1.02. The van der Waals surface area contributed by atoms with Crippen LogP contribution in [-0.4, -0.2) is 18.7 Å². The third-order valence-corrected chi connectivity index (χ3v) is 3.89. The summed E-state index contributed by atoms with van der Waals surface area (Å²) in [4.78, 5) is 12.5. The van der Waals surface area contributed by atoms with Crippen LogP contribution in [0, 0.1) is 0 Å². The number of hydrogen-bond acceptors (Lipinski definition) is 2. The number of ether oxygens (including phenoxy) is 1. The summed E-state index contributed by atoms with van der Waals surface area (Å²) in [7, 11) is 0. The Labute approximate surface area is 151 Å². The SMILES string of the molecule is CCCC(C(=O)NCc1ccc(OCC(F)(F)F)cc1)c1ccccc1. The lowest BCUT2D eigenvalue weighted by Gasteiger charge is -2.17. The number of carbonyl (C=O) groups excluding carboxylic acids is 1. The van der Waals surface area contributed by atoms with Gasteiger partial charge in [0.25, 0.3) is 0 Å². The number of benzene rings is 2. The summed E-state index contributed by atoms with van der Waals surface area (Å²) in [5.74, 6) is -0.128. The zero-order chi connectivity index (χ0) is 19.0. The van der Waals surface area contributed by atoms with E-state index in [9.17, 15) is 18.0 Å². The highest BCUT2D eigenvalue weighted by molar-refractivity contribution is 5.83. The monoisotopic (exact) mass is 365 g/mol. The molecule has 2 aromatic rings. The number of nitrogens with one attached hydrogen (secondary N) is 1. The van der Waals surface area contributed by atoms with Crippen molar-refractivity contribution >= 4 is 5.91 Å². The van der Waals surface area contributed by atoms with Gasteiger partial charge in [0, 0.05) is 6.54 Å². The number of alkyl halides is 3. The molecule has 2 rings (SSSR count). The molecule has 0 aliphatic heterocycles. The van der Waals surface area contributed by atoms with E-state index in [1.165, 1.54) is 12.1 Å². The second-order valence-corrected chi connectivity index (χ2v) is 6.02. The highest BCUT2D eigenvalue weighted by atomic mass is 19.4. The van der Waals surface area contributed by atoms with Crippen LogP contribution in [0.2, 0.25) is 0 Å². The highest BCUT2D eigenvalue weighted by Crippen LogP contribution is 2.22. The van der Waals surface area contributed by atoms with Gasteiger partial charge in [-0.15, -0.1) is 0 Å². The first kappa shape index (κ1) is 19.8. The normalized spacial score (nSPS) is 12.5. The molecule has 0 aliphatic carbocycles. The molecule has 2 aromatic carbocycles. The third kappa shape index (κ3) is 6.43. The molecule has 0 bridgehead atoms. The van der Waals surface area contributed by atoms with E-state index in [0.717, 1.165) is 24.0 Å². The summed E-state index contributed by atoms with van der Waals surface area (Å²) in [6.07, 6.45) is -2.73. The van der Waals surface area contributed by atoms with Crippen LogP contribution in [0.5, 0.6) is 5.75 Å². The predicted molar refractivity (Wildman–Crippen MR) is 93.9 cm³/mol. The van der Waals surface area contributed by atoms with Crippen LogP contribution in [-0.2, 0) is 11.3 Å². The molecule has 1 atom stereocenters. The quantitative estimate of drug-likeness (QED) is 0.728. The van der Waals surface area contributed by atoms with Crippen molar-refractivity contribution in [1.82, 2.24) is 5.32 Å². The molecule has 26 heavy (non-hydrogen) atoms. The van der Waals surface area contributed by atoms with Crippen molar-refractivity contribution in [1.29, 1.82) is 0 Å². The zero-order valence-corrected chi connectivity index (χ0v) is 14.6. The maximum atomic E-state index is 12.5. The van der Waals surface area contributed by atoms with Gasteiger partial charge in [-0.3, -0.25) is 4.79 Å². The molecule has 0 heterocycles. The van der Waals surface area contributed by atoms with Gasteiger partial charge in [0.05, 0.1) is 5.92 Å². The van der Waals surface area contributed by atoms with Crippen molar-refractivity contribution in [3.8, 4) is 5.75 Å². The first-order valence-corrected chi connectivity index (χ1v) is 8.50. The molecular formula is C20H22F3NO2. The van der Waals surface area contributed by atoms with Gasteiger partial charge in [-0.1, -0.05) is 55.8 Å². The smallest absolute Gasteiger partial charge is 0.422 e. The Morgan fingerprint density at radius 1 is 1.08 bits per heavy atom. The van der Waals surface area contributed by atoms with E-state index < -0.39 is 12.8 Å². The van der Waals surface area contributed by atoms with Gasteiger partial charge < -0.3 is 10.1 Å². The van der Waals surface area contributed by atoms with Crippen LogP contribution in [0.25, 0.3) is 0 Å². The molecule has 0 saturated heterocycles. The van der Waals surface area contributed by atoms with Gasteiger partial charge >= 0.3 is 6.18 Å². The maximum Gasteiger partial charge on any atom is 0.422 e. The van der Waals surface area contributed by atoms with E-state index in [4.69, 9.17) is 0 Å². The van der Waals surface area contributed by atoms with Gasteiger partial charge in [-0.05, 0) is 29.7 Å². The zero-order valence-electron chi connectivity index (χ0n) is 14.6. The Balaban J connectivity index is 1.91. The van der Waals surface area contributed by atoms with Crippen LogP contribution in [0.1, 0.15) is 36.8 Å². The maximum absolute atomic E-state index is 12.5. The summed E-state index contributed by atoms with van der Waals surface area (Å²) in [5.41, 5.74) is 1.77. The van der Waals surface area contributed by atoms with Crippen molar-refractivity contribution in [2.75, 3.05) is 6.61 Å². The molecule has 0 spiro atoms. The average Bonchev–Trinajstić information content (AvgIpc) is 2.63. The largest absolute Gasteiger partial charge is 0.484 e. The van der Waals surface area contributed by atoms with Crippen LogP contribution in [0.3, 0.4) is 0 Å². The van der Waals surface area contributed by atoms with Crippen molar-refractivity contribution in [3.63, 3.8) is 0 Å². The number of rotatable bonds is 8. The minimum Gasteiger partial charge on any atom is -0.484 e. The Bertz CT molecular complexity index is 684. The minimum absolute atomic E-state index is 0.0598. The fourth-order valence-corrected chi connectivity index (χ4v) is 2.60. The number of amides is 1. The van der Waals surface area contributed by atoms with E-state index >= 15 is 0 Å². The standard InChI is InChI=1S/C20H22F3NO2/c1-2-6-18(16-7-4-3-5-8-16)19(25)24-13-15-9-11-17(12-10-15)26-14-20(21,22)23/h3-5,7-12,18H,2,6,13-14H2,1H3,(H,24,25). The second kappa shape index (κ2) is 9.27. The molecule has 0 saturated carbocycles. The first-order valence-electron chi connectivity index (χ1n) is 8.50. The molecule has 1 N–H and O–H groups in total. The third-order valence-electron chi connectivity index (χ3n) is 3.89. The Morgan fingerprint density at radius 3 is 2.31 bits per heavy atom. The van der Waals surface area contributed by atoms with E-state index in [-0.39, 0.29) is 17.6 Å². The summed E-state index contributed by atoms with van der Waals surface area (Å²) in [6, 6.07) is 15.8. The van der Waals surface area contributed by atoms with Crippen LogP contribution in [0.15, 0.2) is 54.6 Å². The number of hydrogen-bond donors (Lipinski definition) is 1. The average molecular weight is 365 g/mol. The van der Waals surface area contributed by atoms with E-state index in [1.807, 2.05) is 37.3 Å². The second-order valence-electron chi connectivity index (χ2n) is 6.02. The van der Waals surface area contributed by atoms with Crippen molar-refractivity contribution < 1.29 is 22.7 Å². The Hall–Kier alpha value is -2.50. The molecular weight excluding hydrogens is 343 g/mol. The lowest BCUT2D eigenvalue weighted by atomic mass is 9.93. The van der Waals surface area contributed by atoms with E-state index in [0.29, 0.717) is 6.54 Å². The lowest BCUT2D eigenvalue weighted by Crippen LogP contribution is -2.29. The molecule has 3 nitrogen and oxygen atoms in total. The predicted octanol–water partition coefficient (Wildman–Crippen LogP) is 4.83. The van der Waals surface area contributed by atoms with Crippen molar-refractivity contribution in [2.45, 2.75) is 38.4 Å². The van der Waals surface area contributed by atoms with Crippen LogP contribution >= 0.6 is 0 Å². The molecule has 0 aliphatic rings. The molecule has 140 valence electrons. The van der Waals surface area contributed by atoms with E-state index in [1.54, 1.807) is 12.1 Å². The molecule has 0 fully saturated rings. The van der Waals surface area contributed by atoms with Gasteiger partial charge in [0.1, 0.15) is 5.75 Å². The van der Waals surface area contributed by atoms with Gasteiger partial charge in [0.15, 0.2) is 6.61 Å². The Morgan fingerprint density at radius 2 is 1.73 bits per heavy atom. The highest BCUT2D eigenvalue weighted by Gasteiger charge is 2.28. The molecule has 0 radical (unpaired) electrons. The number of carbonyl (C=O) groups is 1. The fourth-order valence-electron chi connectivity index (χ4n) is 2.60. The minimum atomic E-state index is -4.36. The van der Waals surface area contributed by atoms with E-state index in [2.05, 4.69) is 10.1 Å². The number of halogens is 3. The molecule has 1 amide bonds. The summed E-state index contributed by atoms with van der Waals surface area (Å²) in [5, 5.41) is 2.90. The molecule has 6 heteroatoms. The fraction of sp³-hybridized carbons (Fsp3) is 0.350. The van der Waals surface area contributed by atoms with Crippen LogP contribution < -0.4 is 10.1 Å². The van der Waals surface area contributed by atoms with Crippen LogP contribution in [0.4, 0.5) is 13.2 Å². The molecule has 1 unspecified atom stereocenters. The van der Waals surface area contributed by atoms with Crippen molar-refractivity contribution in [2.24, 2.45) is 0 Å².